The largest absolute Gasteiger partial charge is 0.481 e. The number of carbonyl (C=O) groups is 1. The second-order valence-corrected chi connectivity index (χ2v) is 5.75. The van der Waals surface area contributed by atoms with Gasteiger partial charge in [-0.1, -0.05) is 27.7 Å². The molecular weight excluding hydrogens is 244 g/mol. The molecule has 0 aromatic heterocycles. The van der Waals surface area contributed by atoms with Crippen molar-refractivity contribution in [1.82, 2.24) is 0 Å². The van der Waals surface area contributed by atoms with Gasteiger partial charge in [0.15, 0.2) is 6.29 Å². The number of ether oxygens (including phenoxy) is 2. The highest BCUT2D eigenvalue weighted by Gasteiger charge is 2.38. The minimum absolute atomic E-state index is 0.138. The fourth-order valence-corrected chi connectivity index (χ4v) is 2.72. The van der Waals surface area contributed by atoms with Crippen molar-refractivity contribution in [1.29, 1.82) is 0 Å². The maximum Gasteiger partial charge on any atom is 0.303 e. The Morgan fingerprint density at radius 3 is 2.42 bits per heavy atom. The number of hydrogen-bond acceptors (Lipinski definition) is 3. The highest BCUT2D eigenvalue weighted by molar-refractivity contribution is 5.66. The van der Waals surface area contributed by atoms with Crippen LogP contribution in [0, 0.1) is 17.8 Å². The van der Waals surface area contributed by atoms with Gasteiger partial charge in [0.1, 0.15) is 0 Å². The fraction of sp³-hybridized carbons (Fsp3) is 0.933. The summed E-state index contributed by atoms with van der Waals surface area (Å²) >= 11 is 0. The van der Waals surface area contributed by atoms with E-state index in [0.717, 1.165) is 12.8 Å². The standard InChI is InChI=1S/C15H28O4/c1-5-13-11(3)10(2)12(4)15(19-13)18-9-7-6-8-14(16)17/h10-13,15H,5-9H2,1-4H3,(H,16,17). The van der Waals surface area contributed by atoms with E-state index in [4.69, 9.17) is 14.6 Å². The quantitative estimate of drug-likeness (QED) is 0.722. The van der Waals surface area contributed by atoms with Crippen molar-refractivity contribution in [2.75, 3.05) is 6.61 Å². The maximum atomic E-state index is 10.4. The normalized spacial score (nSPS) is 35.3. The number of carboxylic acids is 1. The third-order valence-electron chi connectivity index (χ3n) is 4.45. The molecule has 0 aromatic rings. The van der Waals surface area contributed by atoms with Gasteiger partial charge in [-0.05, 0) is 31.1 Å². The van der Waals surface area contributed by atoms with Gasteiger partial charge in [0, 0.05) is 18.9 Å². The summed E-state index contributed by atoms with van der Waals surface area (Å²) in [5.74, 6) is 0.794. The molecule has 0 bridgehead atoms. The van der Waals surface area contributed by atoms with Crippen LogP contribution in [-0.4, -0.2) is 30.1 Å². The summed E-state index contributed by atoms with van der Waals surface area (Å²) in [7, 11) is 0. The summed E-state index contributed by atoms with van der Waals surface area (Å²) < 4.78 is 11.8. The summed E-state index contributed by atoms with van der Waals surface area (Å²) in [5, 5.41) is 8.57. The van der Waals surface area contributed by atoms with Crippen LogP contribution in [0.4, 0.5) is 0 Å². The first-order valence-electron chi connectivity index (χ1n) is 7.46. The molecule has 1 rings (SSSR count). The molecule has 5 unspecified atom stereocenters. The van der Waals surface area contributed by atoms with E-state index in [9.17, 15) is 4.79 Å². The van der Waals surface area contributed by atoms with Crippen molar-refractivity contribution in [3.63, 3.8) is 0 Å². The molecule has 112 valence electrons. The summed E-state index contributed by atoms with van der Waals surface area (Å²) in [6.45, 7) is 9.42. The van der Waals surface area contributed by atoms with Crippen molar-refractivity contribution in [3.8, 4) is 0 Å². The van der Waals surface area contributed by atoms with Crippen molar-refractivity contribution >= 4 is 5.97 Å². The first kappa shape index (κ1) is 16.4. The molecule has 4 nitrogen and oxygen atoms in total. The summed E-state index contributed by atoms with van der Waals surface area (Å²) in [6.07, 6.45) is 2.81. The molecule has 1 N–H and O–H groups in total. The average molecular weight is 272 g/mol. The molecule has 5 atom stereocenters. The maximum absolute atomic E-state index is 10.4. The summed E-state index contributed by atoms with van der Waals surface area (Å²) in [6, 6.07) is 0. The molecule has 0 radical (unpaired) electrons. The molecule has 1 aliphatic rings. The van der Waals surface area contributed by atoms with Gasteiger partial charge in [0.25, 0.3) is 0 Å². The van der Waals surface area contributed by atoms with Crippen LogP contribution in [0.25, 0.3) is 0 Å². The van der Waals surface area contributed by atoms with Crippen LogP contribution in [0.3, 0.4) is 0 Å². The molecule has 1 aliphatic heterocycles. The van der Waals surface area contributed by atoms with Crippen molar-refractivity contribution in [3.05, 3.63) is 0 Å². The van der Waals surface area contributed by atoms with Gasteiger partial charge in [0.2, 0.25) is 0 Å². The Morgan fingerprint density at radius 2 is 1.84 bits per heavy atom. The van der Waals surface area contributed by atoms with Crippen molar-refractivity contribution in [2.45, 2.75) is 65.8 Å². The van der Waals surface area contributed by atoms with Crippen LogP contribution in [0.5, 0.6) is 0 Å². The van der Waals surface area contributed by atoms with Crippen LogP contribution < -0.4 is 0 Å². The van der Waals surface area contributed by atoms with Gasteiger partial charge in [-0.3, -0.25) is 4.79 Å². The number of hydrogen-bond donors (Lipinski definition) is 1. The lowest BCUT2D eigenvalue weighted by atomic mass is 9.78. The van der Waals surface area contributed by atoms with E-state index in [1.807, 2.05) is 0 Å². The summed E-state index contributed by atoms with van der Waals surface area (Å²) in [5.41, 5.74) is 0. The third kappa shape index (κ3) is 4.77. The van der Waals surface area contributed by atoms with Gasteiger partial charge in [0.05, 0.1) is 6.10 Å². The lowest BCUT2D eigenvalue weighted by Gasteiger charge is -2.43. The molecule has 0 aromatic carbocycles. The van der Waals surface area contributed by atoms with E-state index in [0.29, 0.717) is 30.8 Å². The average Bonchev–Trinajstić information content (AvgIpc) is 2.37. The van der Waals surface area contributed by atoms with Crippen molar-refractivity contribution < 1.29 is 19.4 Å². The van der Waals surface area contributed by atoms with Crippen LogP contribution >= 0.6 is 0 Å². The Bertz CT molecular complexity index is 277. The molecule has 0 aliphatic carbocycles. The van der Waals surface area contributed by atoms with Gasteiger partial charge < -0.3 is 14.6 Å². The minimum Gasteiger partial charge on any atom is -0.481 e. The van der Waals surface area contributed by atoms with E-state index < -0.39 is 5.97 Å². The Hall–Kier alpha value is -0.610. The lowest BCUT2D eigenvalue weighted by molar-refractivity contribution is -0.248. The molecule has 4 heteroatoms. The molecular formula is C15H28O4. The monoisotopic (exact) mass is 272 g/mol. The van der Waals surface area contributed by atoms with E-state index in [2.05, 4.69) is 27.7 Å². The zero-order valence-electron chi connectivity index (χ0n) is 12.6. The first-order chi connectivity index (χ1) is 8.97. The fourth-order valence-electron chi connectivity index (χ4n) is 2.72. The van der Waals surface area contributed by atoms with Crippen LogP contribution in [0.1, 0.15) is 53.4 Å². The van der Waals surface area contributed by atoms with E-state index in [1.54, 1.807) is 0 Å². The zero-order chi connectivity index (χ0) is 14.4. The first-order valence-corrected chi connectivity index (χ1v) is 7.46. The number of carboxylic acid groups (broad SMARTS) is 1. The summed E-state index contributed by atoms with van der Waals surface area (Å²) in [4.78, 5) is 10.4. The lowest BCUT2D eigenvalue weighted by Crippen LogP contribution is -2.45. The second kappa shape index (κ2) is 7.85. The van der Waals surface area contributed by atoms with E-state index >= 15 is 0 Å². The van der Waals surface area contributed by atoms with Crippen LogP contribution in [-0.2, 0) is 14.3 Å². The van der Waals surface area contributed by atoms with Crippen LogP contribution in [0.15, 0.2) is 0 Å². The molecule has 1 saturated heterocycles. The minimum atomic E-state index is -0.740. The SMILES string of the molecule is CCC1OC(OCCCCC(=O)O)C(C)C(C)C1C. The Kier molecular flexibility index (Phi) is 6.80. The highest BCUT2D eigenvalue weighted by atomic mass is 16.7. The molecule has 1 heterocycles. The Labute approximate surface area is 116 Å². The zero-order valence-corrected chi connectivity index (χ0v) is 12.6. The number of unbranched alkanes of at least 4 members (excludes halogenated alkanes) is 1. The van der Waals surface area contributed by atoms with E-state index in [-0.39, 0.29) is 18.8 Å². The van der Waals surface area contributed by atoms with Gasteiger partial charge >= 0.3 is 5.97 Å². The highest BCUT2D eigenvalue weighted by Crippen LogP contribution is 2.36. The Balaban J connectivity index is 2.33. The number of rotatable bonds is 7. The Morgan fingerprint density at radius 1 is 1.16 bits per heavy atom. The van der Waals surface area contributed by atoms with Gasteiger partial charge in [-0.25, -0.2) is 0 Å². The molecule has 0 amide bonds. The van der Waals surface area contributed by atoms with Crippen molar-refractivity contribution in [2.24, 2.45) is 17.8 Å². The molecule has 0 saturated carbocycles. The van der Waals surface area contributed by atoms with Crippen LogP contribution in [0.2, 0.25) is 0 Å². The smallest absolute Gasteiger partial charge is 0.303 e. The van der Waals surface area contributed by atoms with Gasteiger partial charge in [-0.15, -0.1) is 0 Å². The molecule has 0 spiro atoms. The van der Waals surface area contributed by atoms with E-state index in [1.165, 1.54) is 0 Å². The molecule has 19 heavy (non-hydrogen) atoms. The second-order valence-electron chi connectivity index (χ2n) is 5.75. The van der Waals surface area contributed by atoms with Gasteiger partial charge in [-0.2, -0.15) is 0 Å². The number of aliphatic carboxylic acids is 1. The topological polar surface area (TPSA) is 55.8 Å². The predicted molar refractivity (Wildman–Crippen MR) is 73.9 cm³/mol. The third-order valence-corrected chi connectivity index (χ3v) is 4.45. The molecule has 1 fully saturated rings. The predicted octanol–water partition coefficient (Wildman–Crippen LogP) is 3.30.